The van der Waals surface area contributed by atoms with Gasteiger partial charge < -0.3 is 14.2 Å². The summed E-state index contributed by atoms with van der Waals surface area (Å²) in [5.74, 6) is -0.182. The smallest absolute Gasteiger partial charge is 0.363 e. The fourth-order valence-electron chi connectivity index (χ4n) is 3.02. The molecule has 0 aromatic heterocycles. The third-order valence-corrected chi connectivity index (χ3v) is 5.17. The van der Waals surface area contributed by atoms with Gasteiger partial charge in [0.05, 0.1) is 12.7 Å². The molecule has 160 valence electrons. The number of carbonyl (C=O) groups excluding carboxylic acids is 2. The normalized spacial score (nSPS) is 14.2. The Balaban J connectivity index is 1.57. The molecule has 0 aliphatic carbocycles. The first-order valence-corrected chi connectivity index (χ1v) is 10.5. The standard InChI is InChI=1S/C25H18BrNO5/c1-15-6-9-17(10-7-15)24(28)31-21-11-8-16(13-22(21)30-2)12-20-25(29)32-23(27-20)18-4-3-5-19(26)14-18/h3-14H,1-2H3/b20-12-. The third-order valence-electron chi connectivity index (χ3n) is 4.67. The second kappa shape index (κ2) is 9.20. The van der Waals surface area contributed by atoms with E-state index in [1.54, 1.807) is 42.5 Å². The van der Waals surface area contributed by atoms with Crippen molar-refractivity contribution in [1.29, 1.82) is 0 Å². The molecule has 0 atom stereocenters. The van der Waals surface area contributed by atoms with E-state index >= 15 is 0 Å². The molecule has 0 unspecified atom stereocenters. The van der Waals surface area contributed by atoms with Crippen LogP contribution in [0.2, 0.25) is 0 Å². The number of methoxy groups -OCH3 is 1. The van der Waals surface area contributed by atoms with Gasteiger partial charge in [0, 0.05) is 10.0 Å². The lowest BCUT2D eigenvalue weighted by Gasteiger charge is -2.10. The zero-order chi connectivity index (χ0) is 22.7. The van der Waals surface area contributed by atoms with Crippen LogP contribution in [0, 0.1) is 6.92 Å². The fraction of sp³-hybridized carbons (Fsp3) is 0.0800. The molecule has 3 aromatic carbocycles. The molecule has 4 rings (SSSR count). The molecule has 0 saturated heterocycles. The first-order valence-electron chi connectivity index (χ1n) is 9.68. The van der Waals surface area contributed by atoms with E-state index in [9.17, 15) is 9.59 Å². The van der Waals surface area contributed by atoms with E-state index in [1.165, 1.54) is 7.11 Å². The molecular weight excluding hydrogens is 474 g/mol. The van der Waals surface area contributed by atoms with Gasteiger partial charge in [-0.15, -0.1) is 0 Å². The molecule has 0 spiro atoms. The molecule has 1 heterocycles. The van der Waals surface area contributed by atoms with Crippen molar-refractivity contribution >= 4 is 39.8 Å². The van der Waals surface area contributed by atoms with Crippen LogP contribution in [0.1, 0.15) is 27.0 Å². The average Bonchev–Trinajstić information content (AvgIpc) is 3.15. The number of rotatable bonds is 5. The highest BCUT2D eigenvalue weighted by Gasteiger charge is 2.24. The zero-order valence-electron chi connectivity index (χ0n) is 17.3. The molecule has 0 amide bonds. The van der Waals surface area contributed by atoms with E-state index in [0.29, 0.717) is 22.4 Å². The number of nitrogens with zero attached hydrogens (tertiary/aromatic N) is 1. The summed E-state index contributed by atoms with van der Waals surface area (Å²) in [5.41, 5.74) is 2.97. The van der Waals surface area contributed by atoms with Crippen molar-refractivity contribution in [2.75, 3.05) is 7.11 Å². The molecule has 3 aromatic rings. The van der Waals surface area contributed by atoms with Gasteiger partial charge in [-0.25, -0.2) is 14.6 Å². The minimum atomic E-state index is -0.547. The van der Waals surface area contributed by atoms with Crippen molar-refractivity contribution in [2.45, 2.75) is 6.92 Å². The number of halogens is 1. The van der Waals surface area contributed by atoms with Gasteiger partial charge in [0.25, 0.3) is 0 Å². The second-order valence-corrected chi connectivity index (χ2v) is 7.93. The first-order chi connectivity index (χ1) is 15.4. The molecular formula is C25H18BrNO5. The topological polar surface area (TPSA) is 74.2 Å². The van der Waals surface area contributed by atoms with Crippen LogP contribution in [0.3, 0.4) is 0 Å². The maximum Gasteiger partial charge on any atom is 0.363 e. The van der Waals surface area contributed by atoms with Gasteiger partial charge in [-0.3, -0.25) is 0 Å². The predicted octanol–water partition coefficient (Wildman–Crippen LogP) is 5.33. The van der Waals surface area contributed by atoms with Crippen molar-refractivity contribution in [3.8, 4) is 11.5 Å². The highest BCUT2D eigenvalue weighted by atomic mass is 79.9. The van der Waals surface area contributed by atoms with Crippen molar-refractivity contribution < 1.29 is 23.8 Å². The van der Waals surface area contributed by atoms with Gasteiger partial charge in [0.1, 0.15) is 0 Å². The molecule has 1 aliphatic heterocycles. The summed E-state index contributed by atoms with van der Waals surface area (Å²) in [5, 5.41) is 0. The van der Waals surface area contributed by atoms with Gasteiger partial charge in [0.15, 0.2) is 17.2 Å². The Morgan fingerprint density at radius 3 is 2.53 bits per heavy atom. The van der Waals surface area contributed by atoms with Crippen molar-refractivity contribution in [2.24, 2.45) is 4.99 Å². The summed E-state index contributed by atoms with van der Waals surface area (Å²) in [6.07, 6.45) is 1.58. The predicted molar refractivity (Wildman–Crippen MR) is 124 cm³/mol. The lowest BCUT2D eigenvalue weighted by atomic mass is 10.1. The minimum absolute atomic E-state index is 0.159. The van der Waals surface area contributed by atoms with Crippen LogP contribution in [0.25, 0.3) is 6.08 Å². The molecule has 32 heavy (non-hydrogen) atoms. The Morgan fingerprint density at radius 1 is 1.03 bits per heavy atom. The van der Waals surface area contributed by atoms with Crippen LogP contribution in [-0.2, 0) is 9.53 Å². The van der Waals surface area contributed by atoms with Gasteiger partial charge in [-0.2, -0.15) is 0 Å². The summed E-state index contributed by atoms with van der Waals surface area (Å²) < 4.78 is 17.0. The van der Waals surface area contributed by atoms with Crippen LogP contribution >= 0.6 is 15.9 Å². The van der Waals surface area contributed by atoms with Gasteiger partial charge in [0.2, 0.25) is 5.90 Å². The Bertz CT molecular complexity index is 1260. The molecule has 0 radical (unpaired) electrons. The highest BCUT2D eigenvalue weighted by molar-refractivity contribution is 9.10. The Labute approximate surface area is 193 Å². The molecule has 0 saturated carbocycles. The highest BCUT2D eigenvalue weighted by Crippen LogP contribution is 2.30. The summed E-state index contributed by atoms with van der Waals surface area (Å²) in [7, 11) is 1.48. The Hall–Kier alpha value is -3.71. The molecule has 1 aliphatic rings. The maximum absolute atomic E-state index is 12.4. The van der Waals surface area contributed by atoms with E-state index in [-0.39, 0.29) is 17.3 Å². The second-order valence-electron chi connectivity index (χ2n) is 7.01. The monoisotopic (exact) mass is 491 g/mol. The number of ether oxygens (including phenoxy) is 3. The van der Waals surface area contributed by atoms with Crippen LogP contribution in [0.5, 0.6) is 11.5 Å². The largest absolute Gasteiger partial charge is 0.493 e. The third kappa shape index (κ3) is 4.78. The number of aliphatic imine (C=N–C) groups is 1. The number of cyclic esters (lactones) is 1. The molecule has 0 bridgehead atoms. The minimum Gasteiger partial charge on any atom is -0.493 e. The lowest BCUT2D eigenvalue weighted by Crippen LogP contribution is -2.09. The van der Waals surface area contributed by atoms with Gasteiger partial charge in [-0.05, 0) is 61.0 Å². The SMILES string of the molecule is COc1cc(/C=C2\N=C(c3cccc(Br)c3)OC2=O)ccc1OC(=O)c1ccc(C)cc1. The number of aryl methyl sites for hydroxylation is 1. The van der Waals surface area contributed by atoms with Crippen LogP contribution in [-0.4, -0.2) is 24.9 Å². The van der Waals surface area contributed by atoms with Crippen LogP contribution in [0.4, 0.5) is 0 Å². The van der Waals surface area contributed by atoms with E-state index in [0.717, 1.165) is 10.0 Å². The molecule has 6 nitrogen and oxygen atoms in total. The Kier molecular flexibility index (Phi) is 6.18. The number of carbonyl (C=O) groups is 2. The number of benzene rings is 3. The van der Waals surface area contributed by atoms with Crippen LogP contribution < -0.4 is 9.47 Å². The van der Waals surface area contributed by atoms with Crippen LogP contribution in [0.15, 0.2) is 81.9 Å². The quantitative estimate of drug-likeness (QED) is 0.274. The lowest BCUT2D eigenvalue weighted by molar-refractivity contribution is -0.129. The summed E-state index contributed by atoms with van der Waals surface area (Å²) in [4.78, 5) is 29.0. The number of hydrogen-bond acceptors (Lipinski definition) is 6. The van der Waals surface area contributed by atoms with Gasteiger partial charge >= 0.3 is 11.9 Å². The van der Waals surface area contributed by atoms with Gasteiger partial charge in [-0.1, -0.05) is 45.8 Å². The number of hydrogen-bond donors (Lipinski definition) is 0. The maximum atomic E-state index is 12.4. The van der Waals surface area contributed by atoms with E-state index in [2.05, 4.69) is 20.9 Å². The summed E-state index contributed by atoms with van der Waals surface area (Å²) in [6.45, 7) is 1.94. The van der Waals surface area contributed by atoms with E-state index < -0.39 is 11.9 Å². The molecule has 0 fully saturated rings. The van der Waals surface area contributed by atoms with Crippen molar-refractivity contribution in [3.05, 3.63) is 99.2 Å². The number of esters is 2. The molecule has 0 N–H and O–H groups in total. The fourth-order valence-corrected chi connectivity index (χ4v) is 3.42. The average molecular weight is 492 g/mol. The Morgan fingerprint density at radius 2 is 1.81 bits per heavy atom. The van der Waals surface area contributed by atoms with E-state index in [1.807, 2.05) is 37.3 Å². The molecule has 7 heteroatoms. The van der Waals surface area contributed by atoms with Crippen molar-refractivity contribution in [1.82, 2.24) is 0 Å². The summed E-state index contributed by atoms with van der Waals surface area (Å²) in [6, 6.07) is 19.4. The zero-order valence-corrected chi connectivity index (χ0v) is 18.9. The first kappa shape index (κ1) is 21.5. The van der Waals surface area contributed by atoms with Crippen molar-refractivity contribution in [3.63, 3.8) is 0 Å². The summed E-state index contributed by atoms with van der Waals surface area (Å²) >= 11 is 3.39. The van der Waals surface area contributed by atoms with E-state index in [4.69, 9.17) is 14.2 Å².